The van der Waals surface area contributed by atoms with Gasteiger partial charge >= 0.3 is 12.1 Å². The predicted molar refractivity (Wildman–Crippen MR) is 57.6 cm³/mol. The van der Waals surface area contributed by atoms with Crippen LogP contribution in [0.15, 0.2) is 0 Å². The van der Waals surface area contributed by atoms with Crippen molar-refractivity contribution < 1.29 is 27.8 Å². The van der Waals surface area contributed by atoms with Crippen molar-refractivity contribution >= 4 is 5.97 Å². The number of carbonyl (C=O) groups is 1. The summed E-state index contributed by atoms with van der Waals surface area (Å²) in [6.45, 7) is 4.01. The van der Waals surface area contributed by atoms with Crippen molar-refractivity contribution in [2.75, 3.05) is 13.2 Å². The van der Waals surface area contributed by atoms with E-state index in [-0.39, 0.29) is 19.1 Å². The normalized spacial score (nSPS) is 12.1. The summed E-state index contributed by atoms with van der Waals surface area (Å²) in [6.07, 6.45) is -4.82. The fourth-order valence-corrected chi connectivity index (χ4v) is 1.36. The van der Waals surface area contributed by atoms with E-state index in [1.54, 1.807) is 0 Å². The molecule has 9 heteroatoms. The molecule has 1 N–H and O–H groups in total. The van der Waals surface area contributed by atoms with Crippen LogP contribution in [-0.4, -0.2) is 39.3 Å². The van der Waals surface area contributed by atoms with E-state index in [4.69, 9.17) is 9.84 Å². The van der Waals surface area contributed by atoms with Crippen LogP contribution >= 0.6 is 0 Å². The highest BCUT2D eigenvalue weighted by atomic mass is 19.4. The van der Waals surface area contributed by atoms with Gasteiger partial charge < -0.3 is 9.84 Å². The number of aromatic carboxylic acids is 1. The minimum atomic E-state index is -4.82. The van der Waals surface area contributed by atoms with Gasteiger partial charge in [0, 0.05) is 6.61 Å². The van der Waals surface area contributed by atoms with Crippen molar-refractivity contribution in [1.82, 2.24) is 15.0 Å². The average molecular weight is 281 g/mol. The first-order chi connectivity index (χ1) is 8.73. The topological polar surface area (TPSA) is 77.2 Å². The van der Waals surface area contributed by atoms with Gasteiger partial charge in [0.25, 0.3) is 0 Å². The number of hydrogen-bond acceptors (Lipinski definition) is 4. The van der Waals surface area contributed by atoms with Gasteiger partial charge in [0.15, 0.2) is 5.69 Å². The first kappa shape index (κ1) is 15.4. The number of nitrogens with zero attached hydrogens (tertiary/aromatic N) is 3. The van der Waals surface area contributed by atoms with E-state index >= 15 is 0 Å². The third-order valence-electron chi connectivity index (χ3n) is 2.10. The van der Waals surface area contributed by atoms with Crippen molar-refractivity contribution in [3.63, 3.8) is 0 Å². The van der Waals surface area contributed by atoms with Gasteiger partial charge in [-0.2, -0.15) is 13.2 Å². The van der Waals surface area contributed by atoms with Crippen molar-refractivity contribution in [2.24, 2.45) is 5.92 Å². The Morgan fingerprint density at radius 1 is 1.47 bits per heavy atom. The SMILES string of the molecule is CC(C)COCCn1nnc(C(=O)O)c1C(F)(F)F. The van der Waals surface area contributed by atoms with Gasteiger partial charge in [-0.15, -0.1) is 5.10 Å². The third-order valence-corrected chi connectivity index (χ3v) is 2.10. The average Bonchev–Trinajstić information content (AvgIpc) is 2.67. The van der Waals surface area contributed by atoms with Gasteiger partial charge in [-0.05, 0) is 5.92 Å². The minimum absolute atomic E-state index is 0.00365. The van der Waals surface area contributed by atoms with Crippen LogP contribution in [0.4, 0.5) is 13.2 Å². The molecule has 1 rings (SSSR count). The summed E-state index contributed by atoms with van der Waals surface area (Å²) in [5.74, 6) is -1.51. The van der Waals surface area contributed by atoms with Crippen LogP contribution in [0.1, 0.15) is 30.0 Å². The van der Waals surface area contributed by atoms with E-state index < -0.39 is 23.5 Å². The van der Waals surface area contributed by atoms with Crippen LogP contribution in [0.25, 0.3) is 0 Å². The van der Waals surface area contributed by atoms with Crippen LogP contribution in [-0.2, 0) is 17.5 Å². The molecule has 0 radical (unpaired) electrons. The lowest BCUT2D eigenvalue weighted by molar-refractivity contribution is -0.145. The number of hydrogen-bond donors (Lipinski definition) is 1. The molecule has 1 aromatic heterocycles. The number of halogens is 3. The molecule has 0 saturated carbocycles. The second-order valence-corrected chi connectivity index (χ2v) is 4.28. The Labute approximate surface area is 107 Å². The maximum atomic E-state index is 12.7. The maximum absolute atomic E-state index is 12.7. The lowest BCUT2D eigenvalue weighted by Gasteiger charge is -2.11. The molecule has 0 spiro atoms. The van der Waals surface area contributed by atoms with Crippen molar-refractivity contribution in [3.05, 3.63) is 11.4 Å². The molecule has 1 heterocycles. The number of ether oxygens (including phenoxy) is 1. The minimum Gasteiger partial charge on any atom is -0.476 e. The molecule has 0 unspecified atom stereocenters. The zero-order valence-corrected chi connectivity index (χ0v) is 10.4. The predicted octanol–water partition coefficient (Wildman–Crippen LogP) is 1.67. The lowest BCUT2D eigenvalue weighted by Crippen LogP contribution is -2.20. The monoisotopic (exact) mass is 281 g/mol. The van der Waals surface area contributed by atoms with Crippen LogP contribution in [0.5, 0.6) is 0 Å². The summed E-state index contributed by atoms with van der Waals surface area (Å²) in [5.41, 5.74) is -2.47. The van der Waals surface area contributed by atoms with Crippen LogP contribution in [0.3, 0.4) is 0 Å². The Kier molecular flexibility index (Phi) is 4.87. The zero-order valence-electron chi connectivity index (χ0n) is 10.4. The first-order valence-electron chi connectivity index (χ1n) is 5.55. The maximum Gasteiger partial charge on any atom is 0.435 e. The number of carboxylic acid groups (broad SMARTS) is 1. The molecule has 0 saturated heterocycles. The highest BCUT2D eigenvalue weighted by molar-refractivity contribution is 5.86. The quantitative estimate of drug-likeness (QED) is 0.802. The summed E-state index contributed by atoms with van der Waals surface area (Å²) in [6, 6.07) is 0. The van der Waals surface area contributed by atoms with Gasteiger partial charge in [0.05, 0.1) is 13.2 Å². The fourth-order valence-electron chi connectivity index (χ4n) is 1.36. The summed E-state index contributed by atoms with van der Waals surface area (Å²) in [5, 5.41) is 14.9. The summed E-state index contributed by atoms with van der Waals surface area (Å²) >= 11 is 0. The van der Waals surface area contributed by atoms with Gasteiger partial charge in [-0.3, -0.25) is 0 Å². The highest BCUT2D eigenvalue weighted by Crippen LogP contribution is 2.30. The molecule has 0 aliphatic carbocycles. The van der Waals surface area contributed by atoms with Crippen molar-refractivity contribution in [1.29, 1.82) is 0 Å². The van der Waals surface area contributed by atoms with Gasteiger partial charge in [0.1, 0.15) is 0 Å². The Morgan fingerprint density at radius 2 is 2.11 bits per heavy atom. The second kappa shape index (κ2) is 6.00. The summed E-state index contributed by atoms with van der Waals surface area (Å²) in [7, 11) is 0. The third kappa shape index (κ3) is 4.19. The van der Waals surface area contributed by atoms with E-state index in [1.165, 1.54) is 0 Å². The van der Waals surface area contributed by atoms with Crippen LogP contribution < -0.4 is 0 Å². The number of rotatable bonds is 6. The molecule has 1 aromatic rings. The van der Waals surface area contributed by atoms with E-state index in [0.29, 0.717) is 11.3 Å². The first-order valence-corrected chi connectivity index (χ1v) is 5.55. The van der Waals surface area contributed by atoms with E-state index in [2.05, 4.69) is 10.3 Å². The summed E-state index contributed by atoms with van der Waals surface area (Å²) < 4.78 is 43.8. The molecule has 0 bridgehead atoms. The molecule has 0 atom stereocenters. The fraction of sp³-hybridized carbons (Fsp3) is 0.700. The van der Waals surface area contributed by atoms with E-state index in [0.717, 1.165) is 0 Å². The number of alkyl halides is 3. The largest absolute Gasteiger partial charge is 0.476 e. The molecule has 0 aliphatic rings. The van der Waals surface area contributed by atoms with Gasteiger partial charge in [-0.25, -0.2) is 9.48 Å². The Morgan fingerprint density at radius 3 is 2.58 bits per heavy atom. The lowest BCUT2D eigenvalue weighted by atomic mass is 10.2. The van der Waals surface area contributed by atoms with Gasteiger partial charge in [-0.1, -0.05) is 19.1 Å². The number of aromatic nitrogens is 3. The molecular formula is C10H14F3N3O3. The molecule has 6 nitrogen and oxygen atoms in total. The van der Waals surface area contributed by atoms with Gasteiger partial charge in [0.2, 0.25) is 5.69 Å². The van der Waals surface area contributed by atoms with E-state index in [1.807, 2.05) is 13.8 Å². The van der Waals surface area contributed by atoms with Crippen LogP contribution in [0, 0.1) is 5.92 Å². The molecule has 0 aliphatic heterocycles. The standard InChI is InChI=1S/C10H14F3N3O3/c1-6(2)5-19-4-3-16-8(10(11,12)13)7(9(17)18)14-15-16/h6H,3-5H2,1-2H3,(H,17,18). The molecule has 108 valence electrons. The number of carboxylic acids is 1. The molecule has 0 amide bonds. The highest BCUT2D eigenvalue weighted by Gasteiger charge is 2.41. The van der Waals surface area contributed by atoms with E-state index in [9.17, 15) is 18.0 Å². The Hall–Kier alpha value is -1.64. The molecular weight excluding hydrogens is 267 g/mol. The van der Waals surface area contributed by atoms with Crippen molar-refractivity contribution in [3.8, 4) is 0 Å². The zero-order chi connectivity index (χ0) is 14.6. The Balaban J connectivity index is 2.81. The summed E-state index contributed by atoms with van der Waals surface area (Å²) in [4.78, 5) is 10.7. The molecule has 19 heavy (non-hydrogen) atoms. The molecule has 0 fully saturated rings. The van der Waals surface area contributed by atoms with Crippen molar-refractivity contribution in [2.45, 2.75) is 26.6 Å². The molecule has 0 aromatic carbocycles. The second-order valence-electron chi connectivity index (χ2n) is 4.28. The van der Waals surface area contributed by atoms with Crippen LogP contribution in [0.2, 0.25) is 0 Å². The smallest absolute Gasteiger partial charge is 0.435 e. The Bertz CT molecular complexity index is 443.